The van der Waals surface area contributed by atoms with Crippen molar-refractivity contribution in [2.75, 3.05) is 30.9 Å². The lowest BCUT2D eigenvalue weighted by Gasteiger charge is -2.20. The molecule has 0 bridgehead atoms. The van der Waals surface area contributed by atoms with Crippen molar-refractivity contribution in [3.63, 3.8) is 0 Å². The number of hydrogen-bond acceptors (Lipinski definition) is 4. The molecule has 1 aromatic carbocycles. The molecule has 6 nitrogen and oxygen atoms in total. The fourth-order valence-corrected chi connectivity index (χ4v) is 3.80. The minimum atomic E-state index is -0.0123. The summed E-state index contributed by atoms with van der Waals surface area (Å²) in [5, 5.41) is 7.20. The van der Waals surface area contributed by atoms with Crippen molar-refractivity contribution in [3.8, 4) is 11.4 Å². The lowest BCUT2D eigenvalue weighted by atomic mass is 10.2. The van der Waals surface area contributed by atoms with E-state index < -0.39 is 0 Å². The predicted octanol–water partition coefficient (Wildman–Crippen LogP) is 4.72. The first-order valence-corrected chi connectivity index (χ1v) is 11.1. The number of amides is 1. The molecular formula is C22H33ClN4O2. The highest BCUT2D eigenvalue weighted by Crippen LogP contribution is 2.18. The average Bonchev–Trinajstić information content (AvgIpc) is 3.35. The molecule has 1 fully saturated rings. The molecule has 1 aliphatic heterocycles. The molecule has 1 amide bonds. The van der Waals surface area contributed by atoms with Gasteiger partial charge in [0.1, 0.15) is 5.75 Å². The predicted molar refractivity (Wildman–Crippen MR) is 119 cm³/mol. The third kappa shape index (κ3) is 6.75. The molecule has 0 spiro atoms. The second-order valence-electron chi connectivity index (χ2n) is 7.59. The van der Waals surface area contributed by atoms with Gasteiger partial charge >= 0.3 is 0 Å². The Labute approximate surface area is 179 Å². The molecule has 0 radical (unpaired) electrons. The molecule has 3 rings (SSSR count). The molecular weight excluding hydrogens is 388 g/mol. The molecule has 1 unspecified atom stereocenters. The number of nitrogens with zero attached hydrogens (tertiary/aromatic N) is 3. The van der Waals surface area contributed by atoms with Crippen LogP contribution in [0.15, 0.2) is 36.7 Å². The number of rotatable bonds is 11. The highest BCUT2D eigenvalue weighted by atomic mass is 35.5. The second kappa shape index (κ2) is 11.2. The summed E-state index contributed by atoms with van der Waals surface area (Å²) in [7, 11) is 0. The van der Waals surface area contributed by atoms with E-state index >= 15 is 0 Å². The molecule has 1 N–H and O–H groups in total. The van der Waals surface area contributed by atoms with Crippen molar-refractivity contribution in [2.45, 2.75) is 51.5 Å². The second-order valence-corrected chi connectivity index (χ2v) is 7.97. The highest BCUT2D eigenvalue weighted by Gasteiger charge is 2.19. The van der Waals surface area contributed by atoms with E-state index in [-0.39, 0.29) is 7.33 Å². The fraction of sp³-hybridized carbons (Fsp3) is 0.545. The zero-order valence-corrected chi connectivity index (χ0v) is 17.9. The zero-order valence-electron chi connectivity index (χ0n) is 17.1. The molecule has 0 aliphatic carbocycles. The van der Waals surface area contributed by atoms with Gasteiger partial charge in [0.2, 0.25) is 5.91 Å². The van der Waals surface area contributed by atoms with E-state index in [9.17, 15) is 4.79 Å². The molecule has 2 heterocycles. The van der Waals surface area contributed by atoms with Crippen LogP contribution in [0, 0.1) is 0 Å². The number of likely N-dealkylation sites (tertiary alicyclic amines) is 1. The minimum absolute atomic E-state index is 0. The number of carbonyl (C=O) groups is 1. The van der Waals surface area contributed by atoms with Gasteiger partial charge in [-0.25, -0.2) is 4.68 Å². The van der Waals surface area contributed by atoms with Crippen LogP contribution in [0.3, 0.4) is 0 Å². The molecule has 7 heteroatoms. The summed E-state index contributed by atoms with van der Waals surface area (Å²) in [6.07, 6.45) is 9.25. The van der Waals surface area contributed by atoms with Crippen LogP contribution < -0.4 is 10.1 Å². The van der Waals surface area contributed by atoms with Crippen molar-refractivity contribution in [2.24, 2.45) is 0 Å². The Morgan fingerprint density at radius 3 is 2.86 bits per heavy atom. The lowest BCUT2D eigenvalue weighted by Crippen LogP contribution is -2.28. The number of anilines is 1. The Kier molecular flexibility index (Phi) is 8.38. The van der Waals surface area contributed by atoms with Gasteiger partial charge in [0.15, 0.2) is 0 Å². The summed E-state index contributed by atoms with van der Waals surface area (Å²) in [5.74, 6) is 1.44. The summed E-state index contributed by atoms with van der Waals surface area (Å²) >= 11 is 5.64. The maximum atomic E-state index is 11.9. The standard InChI is InChI=1S/C22H31ClN4O2.H2/c1-18-6-4-13-26(18)14-5-15-29-21-10-8-20(9-11-21)27-17-19(16-24-27)25-22(28)7-2-3-12-23;/h8-11,16-18H,2-7,12-15H2,1H3,(H,25,28);1H. The Morgan fingerprint density at radius 1 is 1.31 bits per heavy atom. The van der Waals surface area contributed by atoms with Crippen molar-refractivity contribution >= 4 is 23.2 Å². The van der Waals surface area contributed by atoms with Crippen molar-refractivity contribution in [3.05, 3.63) is 36.7 Å². The van der Waals surface area contributed by atoms with E-state index in [0.29, 0.717) is 24.0 Å². The number of aromatic nitrogens is 2. The van der Waals surface area contributed by atoms with Crippen molar-refractivity contribution < 1.29 is 11.0 Å². The first-order valence-electron chi connectivity index (χ1n) is 10.5. The van der Waals surface area contributed by atoms with Crippen LogP contribution in [0.5, 0.6) is 5.75 Å². The van der Waals surface area contributed by atoms with Gasteiger partial charge < -0.3 is 15.0 Å². The number of benzene rings is 1. The highest BCUT2D eigenvalue weighted by molar-refractivity contribution is 6.17. The summed E-state index contributed by atoms with van der Waals surface area (Å²) < 4.78 is 7.62. The van der Waals surface area contributed by atoms with Gasteiger partial charge in [0.05, 0.1) is 30.4 Å². The molecule has 1 saturated heterocycles. The Hall–Kier alpha value is -2.05. The van der Waals surface area contributed by atoms with E-state index in [0.717, 1.165) is 43.9 Å². The topological polar surface area (TPSA) is 59.4 Å². The van der Waals surface area contributed by atoms with Crippen LogP contribution in [0.25, 0.3) is 5.69 Å². The van der Waals surface area contributed by atoms with Crippen LogP contribution in [0.1, 0.15) is 46.9 Å². The number of nitrogens with one attached hydrogen (secondary N) is 1. The summed E-state index contributed by atoms with van der Waals surface area (Å²) in [4.78, 5) is 14.4. The number of unbranched alkanes of at least 4 members (excludes halogenated alkanes) is 1. The van der Waals surface area contributed by atoms with Crippen LogP contribution in [-0.2, 0) is 4.79 Å². The monoisotopic (exact) mass is 420 g/mol. The Bertz CT molecular complexity index is 769. The van der Waals surface area contributed by atoms with E-state index in [1.165, 1.54) is 19.4 Å². The molecule has 1 atom stereocenters. The van der Waals surface area contributed by atoms with E-state index in [4.69, 9.17) is 16.3 Å². The summed E-state index contributed by atoms with van der Waals surface area (Å²) in [6, 6.07) is 8.57. The quantitative estimate of drug-likeness (QED) is 0.422. The van der Waals surface area contributed by atoms with Crippen LogP contribution in [-0.4, -0.2) is 52.2 Å². The number of ether oxygens (including phenoxy) is 1. The van der Waals surface area contributed by atoms with Crippen LogP contribution >= 0.6 is 11.6 Å². The van der Waals surface area contributed by atoms with Gasteiger partial charge in [-0.2, -0.15) is 5.10 Å². The molecule has 29 heavy (non-hydrogen) atoms. The largest absolute Gasteiger partial charge is 0.494 e. The first-order chi connectivity index (χ1) is 14.2. The molecule has 160 valence electrons. The normalized spacial score (nSPS) is 16.8. The maximum absolute atomic E-state index is 11.9. The molecule has 0 saturated carbocycles. The van der Waals surface area contributed by atoms with Gasteiger partial charge in [-0.3, -0.25) is 4.79 Å². The molecule has 2 aromatic rings. The third-order valence-electron chi connectivity index (χ3n) is 5.30. The van der Waals surface area contributed by atoms with Gasteiger partial charge in [-0.05, 0) is 69.8 Å². The summed E-state index contributed by atoms with van der Waals surface area (Å²) in [6.45, 7) is 5.35. The Morgan fingerprint density at radius 2 is 2.14 bits per heavy atom. The number of alkyl halides is 1. The zero-order chi connectivity index (χ0) is 20.5. The average molecular weight is 421 g/mol. The SMILES string of the molecule is CC1CCCN1CCCOc1ccc(-n2cc(NC(=O)CCCCCl)cn2)cc1.[HH]. The summed E-state index contributed by atoms with van der Waals surface area (Å²) in [5.41, 5.74) is 1.61. The van der Waals surface area contributed by atoms with E-state index in [1.54, 1.807) is 10.9 Å². The van der Waals surface area contributed by atoms with Crippen molar-refractivity contribution in [1.82, 2.24) is 14.7 Å². The van der Waals surface area contributed by atoms with E-state index in [1.807, 2.05) is 30.5 Å². The first kappa shape index (κ1) is 21.7. The maximum Gasteiger partial charge on any atom is 0.224 e. The lowest BCUT2D eigenvalue weighted by molar-refractivity contribution is -0.116. The van der Waals surface area contributed by atoms with Gasteiger partial charge in [-0.15, -0.1) is 11.6 Å². The number of hydrogen-bond donors (Lipinski definition) is 1. The van der Waals surface area contributed by atoms with Crippen LogP contribution in [0.2, 0.25) is 0 Å². The molecule has 1 aromatic heterocycles. The molecule has 1 aliphatic rings. The smallest absolute Gasteiger partial charge is 0.224 e. The fourth-order valence-electron chi connectivity index (χ4n) is 3.61. The Balaban J connectivity index is 0.00000320. The number of carbonyl (C=O) groups excluding carboxylic acids is 1. The van der Waals surface area contributed by atoms with Crippen LogP contribution in [0.4, 0.5) is 5.69 Å². The van der Waals surface area contributed by atoms with Crippen molar-refractivity contribution in [1.29, 1.82) is 0 Å². The van der Waals surface area contributed by atoms with Gasteiger partial charge in [0.25, 0.3) is 0 Å². The third-order valence-corrected chi connectivity index (χ3v) is 5.57. The van der Waals surface area contributed by atoms with Gasteiger partial charge in [-0.1, -0.05) is 0 Å². The van der Waals surface area contributed by atoms with E-state index in [2.05, 4.69) is 22.2 Å². The minimum Gasteiger partial charge on any atom is -0.494 e. The van der Waals surface area contributed by atoms with Gasteiger partial charge in [0, 0.05) is 26.3 Å². The number of halogens is 1.